The van der Waals surface area contributed by atoms with Gasteiger partial charge >= 0.3 is 5.97 Å². The standard InChI is InChI=1S/C17H21NO3/c19-15-9-6-7-13-11-12-14(18-17(13)15)8-4-2-1-3-5-10-16(20)21/h6-7,9,11-12,19H,1-5,8,10H2,(H,20,21). The number of hydrogen-bond donors (Lipinski definition) is 2. The van der Waals surface area contributed by atoms with Crippen LogP contribution in [0.3, 0.4) is 0 Å². The zero-order valence-electron chi connectivity index (χ0n) is 12.1. The van der Waals surface area contributed by atoms with Gasteiger partial charge in [-0.25, -0.2) is 4.98 Å². The van der Waals surface area contributed by atoms with E-state index >= 15 is 0 Å². The zero-order chi connectivity index (χ0) is 15.1. The van der Waals surface area contributed by atoms with Crippen molar-refractivity contribution in [1.29, 1.82) is 0 Å². The predicted molar refractivity (Wildman–Crippen MR) is 82.4 cm³/mol. The molecule has 0 saturated carbocycles. The number of carbonyl (C=O) groups is 1. The highest BCUT2D eigenvalue weighted by Gasteiger charge is 2.03. The van der Waals surface area contributed by atoms with E-state index in [2.05, 4.69) is 4.98 Å². The van der Waals surface area contributed by atoms with Crippen LogP contribution in [0.1, 0.15) is 44.2 Å². The lowest BCUT2D eigenvalue weighted by atomic mass is 10.1. The minimum absolute atomic E-state index is 0.225. The van der Waals surface area contributed by atoms with Crippen LogP contribution >= 0.6 is 0 Å². The molecule has 0 aliphatic carbocycles. The van der Waals surface area contributed by atoms with Gasteiger partial charge in [0.05, 0.1) is 0 Å². The number of para-hydroxylation sites is 1. The number of rotatable bonds is 8. The van der Waals surface area contributed by atoms with Gasteiger partial charge in [0, 0.05) is 17.5 Å². The van der Waals surface area contributed by atoms with Crippen molar-refractivity contribution < 1.29 is 15.0 Å². The summed E-state index contributed by atoms with van der Waals surface area (Å²) < 4.78 is 0. The molecule has 2 aromatic rings. The van der Waals surface area contributed by atoms with E-state index in [1.807, 2.05) is 24.3 Å². The van der Waals surface area contributed by atoms with Crippen LogP contribution in [0.5, 0.6) is 5.75 Å². The summed E-state index contributed by atoms with van der Waals surface area (Å²) in [6.45, 7) is 0. The van der Waals surface area contributed by atoms with Crippen LogP contribution in [0.25, 0.3) is 10.9 Å². The molecule has 0 fully saturated rings. The predicted octanol–water partition coefficient (Wildman–Crippen LogP) is 3.91. The minimum Gasteiger partial charge on any atom is -0.506 e. The lowest BCUT2D eigenvalue weighted by Crippen LogP contribution is -1.94. The number of hydrogen-bond acceptors (Lipinski definition) is 3. The van der Waals surface area contributed by atoms with E-state index in [1.54, 1.807) is 6.07 Å². The Morgan fingerprint density at radius 2 is 1.76 bits per heavy atom. The first-order valence-corrected chi connectivity index (χ1v) is 7.46. The summed E-state index contributed by atoms with van der Waals surface area (Å²) in [4.78, 5) is 14.9. The molecule has 0 spiro atoms. The first kappa shape index (κ1) is 15.3. The highest BCUT2D eigenvalue weighted by atomic mass is 16.4. The van der Waals surface area contributed by atoms with Crippen molar-refractivity contribution >= 4 is 16.9 Å². The maximum Gasteiger partial charge on any atom is 0.303 e. The third-order valence-corrected chi connectivity index (χ3v) is 3.58. The van der Waals surface area contributed by atoms with Gasteiger partial charge in [-0.05, 0) is 31.4 Å². The van der Waals surface area contributed by atoms with Gasteiger partial charge in [0.25, 0.3) is 0 Å². The van der Waals surface area contributed by atoms with E-state index in [0.717, 1.165) is 49.6 Å². The van der Waals surface area contributed by atoms with Gasteiger partial charge in [-0.3, -0.25) is 4.79 Å². The number of nitrogens with zero attached hydrogens (tertiary/aromatic N) is 1. The molecule has 0 aliphatic rings. The molecule has 1 aromatic carbocycles. The third-order valence-electron chi connectivity index (χ3n) is 3.58. The number of phenolic OH excluding ortho intramolecular Hbond substituents is 1. The van der Waals surface area contributed by atoms with Crippen LogP contribution in [0.2, 0.25) is 0 Å². The molecule has 0 unspecified atom stereocenters. The second-order valence-corrected chi connectivity index (χ2v) is 5.31. The fourth-order valence-electron chi connectivity index (χ4n) is 2.42. The number of carboxylic acids is 1. The Balaban J connectivity index is 1.76. The summed E-state index contributed by atoms with van der Waals surface area (Å²) in [5.41, 5.74) is 1.66. The summed E-state index contributed by atoms with van der Waals surface area (Å²) >= 11 is 0. The molecule has 1 aromatic heterocycles. The van der Waals surface area contributed by atoms with Crippen LogP contribution in [0.15, 0.2) is 30.3 Å². The van der Waals surface area contributed by atoms with Crippen molar-refractivity contribution in [1.82, 2.24) is 4.98 Å². The molecule has 0 radical (unpaired) electrons. The summed E-state index contributed by atoms with van der Waals surface area (Å²) in [7, 11) is 0. The maximum atomic E-state index is 10.4. The van der Waals surface area contributed by atoms with Crippen molar-refractivity contribution in [2.75, 3.05) is 0 Å². The number of aromatic hydroxyl groups is 1. The highest BCUT2D eigenvalue weighted by Crippen LogP contribution is 2.22. The lowest BCUT2D eigenvalue weighted by molar-refractivity contribution is -0.137. The largest absolute Gasteiger partial charge is 0.506 e. The van der Waals surface area contributed by atoms with Crippen molar-refractivity contribution in [3.05, 3.63) is 36.0 Å². The van der Waals surface area contributed by atoms with Gasteiger partial charge in [-0.2, -0.15) is 0 Å². The third kappa shape index (κ3) is 4.74. The highest BCUT2D eigenvalue weighted by molar-refractivity contribution is 5.84. The van der Waals surface area contributed by atoms with Crippen molar-refractivity contribution in [3.8, 4) is 5.75 Å². The fourth-order valence-corrected chi connectivity index (χ4v) is 2.42. The van der Waals surface area contributed by atoms with Gasteiger partial charge in [-0.15, -0.1) is 0 Å². The minimum atomic E-state index is -0.713. The summed E-state index contributed by atoms with van der Waals surface area (Å²) in [5.74, 6) is -0.488. The van der Waals surface area contributed by atoms with Gasteiger partial charge in [-0.1, -0.05) is 37.5 Å². The number of phenols is 1. The lowest BCUT2D eigenvalue weighted by Gasteiger charge is -2.04. The maximum absolute atomic E-state index is 10.4. The van der Waals surface area contributed by atoms with Crippen LogP contribution in [0.4, 0.5) is 0 Å². The van der Waals surface area contributed by atoms with Crippen LogP contribution in [-0.4, -0.2) is 21.2 Å². The molecule has 0 aliphatic heterocycles. The Bertz CT molecular complexity index is 610. The molecule has 0 saturated heterocycles. The number of aromatic nitrogens is 1. The zero-order valence-corrected chi connectivity index (χ0v) is 12.1. The van der Waals surface area contributed by atoms with Gasteiger partial charge in [0.15, 0.2) is 0 Å². The van der Waals surface area contributed by atoms with Gasteiger partial charge in [0.2, 0.25) is 0 Å². The Labute approximate surface area is 124 Å². The molecular formula is C17H21NO3. The summed E-state index contributed by atoms with van der Waals surface area (Å²) in [5, 5.41) is 19.3. The van der Waals surface area contributed by atoms with Crippen molar-refractivity contribution in [2.24, 2.45) is 0 Å². The molecule has 112 valence electrons. The average molecular weight is 287 g/mol. The second kappa shape index (κ2) is 7.62. The topological polar surface area (TPSA) is 70.4 Å². The Morgan fingerprint density at radius 3 is 2.57 bits per heavy atom. The second-order valence-electron chi connectivity index (χ2n) is 5.31. The van der Waals surface area contributed by atoms with Gasteiger partial charge in [0.1, 0.15) is 11.3 Å². The molecule has 4 nitrogen and oxygen atoms in total. The van der Waals surface area contributed by atoms with Crippen LogP contribution < -0.4 is 0 Å². The van der Waals surface area contributed by atoms with E-state index < -0.39 is 5.97 Å². The monoisotopic (exact) mass is 287 g/mol. The Kier molecular flexibility index (Phi) is 5.55. The number of unbranched alkanes of at least 4 members (excludes halogenated alkanes) is 4. The normalized spacial score (nSPS) is 10.9. The SMILES string of the molecule is O=C(O)CCCCCCCc1ccc2cccc(O)c2n1. The molecular weight excluding hydrogens is 266 g/mol. The van der Waals surface area contributed by atoms with E-state index in [0.29, 0.717) is 5.52 Å². The first-order valence-electron chi connectivity index (χ1n) is 7.46. The number of aryl methyl sites for hydroxylation is 1. The summed E-state index contributed by atoms with van der Waals surface area (Å²) in [6.07, 6.45) is 6.08. The van der Waals surface area contributed by atoms with Crippen molar-refractivity contribution in [2.45, 2.75) is 44.9 Å². The number of pyridine rings is 1. The number of benzene rings is 1. The van der Waals surface area contributed by atoms with Crippen LogP contribution in [-0.2, 0) is 11.2 Å². The fraction of sp³-hybridized carbons (Fsp3) is 0.412. The van der Waals surface area contributed by atoms with Gasteiger partial charge < -0.3 is 10.2 Å². The quantitative estimate of drug-likeness (QED) is 0.722. The molecule has 0 atom stereocenters. The number of fused-ring (bicyclic) bond motifs is 1. The number of carboxylic acid groups (broad SMARTS) is 1. The molecule has 0 amide bonds. The molecule has 2 rings (SSSR count). The van der Waals surface area contributed by atoms with E-state index in [4.69, 9.17) is 5.11 Å². The molecule has 2 N–H and O–H groups in total. The van der Waals surface area contributed by atoms with Crippen LogP contribution in [0, 0.1) is 0 Å². The van der Waals surface area contributed by atoms with Crippen molar-refractivity contribution in [3.63, 3.8) is 0 Å². The molecule has 1 heterocycles. The van der Waals surface area contributed by atoms with E-state index in [-0.39, 0.29) is 12.2 Å². The molecule has 4 heteroatoms. The summed E-state index contributed by atoms with van der Waals surface area (Å²) in [6, 6.07) is 9.41. The first-order chi connectivity index (χ1) is 10.2. The smallest absolute Gasteiger partial charge is 0.303 e. The number of aliphatic carboxylic acids is 1. The van der Waals surface area contributed by atoms with E-state index in [1.165, 1.54) is 0 Å². The average Bonchev–Trinajstić information content (AvgIpc) is 2.47. The Morgan fingerprint density at radius 1 is 1.00 bits per heavy atom. The van der Waals surface area contributed by atoms with E-state index in [9.17, 15) is 9.90 Å². The molecule has 21 heavy (non-hydrogen) atoms. The molecule has 0 bridgehead atoms. The Hall–Kier alpha value is -2.10.